The van der Waals surface area contributed by atoms with Crippen molar-refractivity contribution in [2.45, 2.75) is 33.1 Å². The van der Waals surface area contributed by atoms with Gasteiger partial charge in [-0.3, -0.25) is 0 Å². The Balaban J connectivity index is 2.24. The average molecular weight is 276 g/mol. The SMILES string of the molecule is CC(C)(CCN)CCc1ccc(Cl)c2ccccc12. The second kappa shape index (κ2) is 5.94. The lowest BCUT2D eigenvalue weighted by molar-refractivity contribution is 0.314. The topological polar surface area (TPSA) is 26.0 Å². The van der Waals surface area contributed by atoms with Crippen LogP contribution < -0.4 is 5.73 Å². The lowest BCUT2D eigenvalue weighted by atomic mass is 9.82. The highest BCUT2D eigenvalue weighted by Crippen LogP contribution is 2.31. The molecular weight excluding hydrogens is 254 g/mol. The van der Waals surface area contributed by atoms with Gasteiger partial charge in [-0.1, -0.05) is 55.8 Å². The van der Waals surface area contributed by atoms with E-state index in [1.54, 1.807) is 0 Å². The fourth-order valence-electron chi connectivity index (χ4n) is 2.53. The lowest BCUT2D eigenvalue weighted by Gasteiger charge is -2.24. The minimum absolute atomic E-state index is 0.301. The largest absolute Gasteiger partial charge is 0.330 e. The molecule has 0 bridgehead atoms. The van der Waals surface area contributed by atoms with E-state index >= 15 is 0 Å². The highest BCUT2D eigenvalue weighted by molar-refractivity contribution is 6.35. The number of hydrogen-bond donors (Lipinski definition) is 1. The summed E-state index contributed by atoms with van der Waals surface area (Å²) >= 11 is 6.25. The van der Waals surface area contributed by atoms with Gasteiger partial charge in [-0.25, -0.2) is 0 Å². The molecule has 102 valence electrons. The third-order valence-electron chi connectivity index (χ3n) is 3.85. The average Bonchev–Trinajstić information content (AvgIpc) is 2.38. The Hall–Kier alpha value is -1.05. The van der Waals surface area contributed by atoms with Crippen molar-refractivity contribution in [3.63, 3.8) is 0 Å². The van der Waals surface area contributed by atoms with Gasteiger partial charge < -0.3 is 5.73 Å². The molecule has 0 aliphatic heterocycles. The maximum absolute atomic E-state index is 6.25. The zero-order valence-corrected chi connectivity index (χ0v) is 12.5. The lowest BCUT2D eigenvalue weighted by Crippen LogP contribution is -2.17. The van der Waals surface area contributed by atoms with Crippen LogP contribution in [0.15, 0.2) is 36.4 Å². The standard InChI is InChI=1S/C17H22ClN/c1-17(2,11-12-19)10-9-13-7-8-16(18)15-6-4-3-5-14(13)15/h3-8H,9-12,19H2,1-2H3. The molecule has 0 radical (unpaired) electrons. The van der Waals surface area contributed by atoms with Crippen LogP contribution in [0, 0.1) is 5.41 Å². The number of aryl methyl sites for hydroxylation is 1. The first-order chi connectivity index (χ1) is 9.03. The first-order valence-electron chi connectivity index (χ1n) is 6.90. The van der Waals surface area contributed by atoms with Crippen molar-refractivity contribution in [2.24, 2.45) is 11.1 Å². The van der Waals surface area contributed by atoms with Crippen LogP contribution >= 0.6 is 11.6 Å². The molecule has 0 aliphatic rings. The Labute approximate surface area is 120 Å². The normalized spacial score (nSPS) is 12.0. The van der Waals surface area contributed by atoms with Gasteiger partial charge in [0.05, 0.1) is 0 Å². The van der Waals surface area contributed by atoms with Gasteiger partial charge in [-0.15, -0.1) is 0 Å². The third-order valence-corrected chi connectivity index (χ3v) is 4.18. The van der Waals surface area contributed by atoms with Crippen LogP contribution in [0.2, 0.25) is 5.02 Å². The summed E-state index contributed by atoms with van der Waals surface area (Å²) in [5, 5.41) is 3.26. The van der Waals surface area contributed by atoms with Crippen molar-refractivity contribution in [3.05, 3.63) is 47.0 Å². The summed E-state index contributed by atoms with van der Waals surface area (Å²) in [7, 11) is 0. The van der Waals surface area contributed by atoms with Crippen molar-refractivity contribution >= 4 is 22.4 Å². The molecule has 2 heteroatoms. The summed E-state index contributed by atoms with van der Waals surface area (Å²) in [6, 6.07) is 12.5. The first kappa shape index (κ1) is 14.4. The van der Waals surface area contributed by atoms with E-state index < -0.39 is 0 Å². The van der Waals surface area contributed by atoms with Crippen LogP contribution in [-0.4, -0.2) is 6.54 Å². The third kappa shape index (κ3) is 3.49. The smallest absolute Gasteiger partial charge is 0.0484 e. The van der Waals surface area contributed by atoms with Crippen molar-refractivity contribution in [1.29, 1.82) is 0 Å². The van der Waals surface area contributed by atoms with Crippen molar-refractivity contribution in [1.82, 2.24) is 0 Å². The Morgan fingerprint density at radius 1 is 1.00 bits per heavy atom. The molecule has 2 N–H and O–H groups in total. The maximum Gasteiger partial charge on any atom is 0.0484 e. The Morgan fingerprint density at radius 3 is 2.37 bits per heavy atom. The summed E-state index contributed by atoms with van der Waals surface area (Å²) in [6.45, 7) is 5.34. The van der Waals surface area contributed by atoms with Crippen LogP contribution in [0.3, 0.4) is 0 Å². The zero-order chi connectivity index (χ0) is 13.9. The summed E-state index contributed by atoms with van der Waals surface area (Å²) in [5.74, 6) is 0. The van der Waals surface area contributed by atoms with Gasteiger partial charge in [0.15, 0.2) is 0 Å². The molecule has 0 aromatic heterocycles. The van der Waals surface area contributed by atoms with Gasteiger partial charge >= 0.3 is 0 Å². The number of halogens is 1. The first-order valence-corrected chi connectivity index (χ1v) is 7.27. The predicted molar refractivity (Wildman–Crippen MR) is 84.7 cm³/mol. The molecule has 2 aromatic rings. The van der Waals surface area contributed by atoms with E-state index in [2.05, 4.69) is 38.1 Å². The Bertz CT molecular complexity index is 560. The monoisotopic (exact) mass is 275 g/mol. The van der Waals surface area contributed by atoms with E-state index in [0.29, 0.717) is 5.41 Å². The van der Waals surface area contributed by atoms with Gasteiger partial charge in [0.1, 0.15) is 0 Å². The van der Waals surface area contributed by atoms with E-state index in [0.717, 1.165) is 36.2 Å². The molecule has 2 rings (SSSR count). The van der Waals surface area contributed by atoms with Crippen LogP contribution in [0.4, 0.5) is 0 Å². The number of hydrogen-bond acceptors (Lipinski definition) is 1. The van der Waals surface area contributed by atoms with E-state index in [4.69, 9.17) is 17.3 Å². The van der Waals surface area contributed by atoms with Gasteiger partial charge in [-0.05, 0) is 48.2 Å². The van der Waals surface area contributed by atoms with Gasteiger partial charge in [0.25, 0.3) is 0 Å². The molecule has 0 amide bonds. The number of benzene rings is 2. The molecule has 0 fully saturated rings. The summed E-state index contributed by atoms with van der Waals surface area (Å²) in [5.41, 5.74) is 7.36. The molecule has 2 aromatic carbocycles. The van der Waals surface area contributed by atoms with E-state index in [1.807, 2.05) is 12.1 Å². The van der Waals surface area contributed by atoms with Crippen LogP contribution in [-0.2, 0) is 6.42 Å². The van der Waals surface area contributed by atoms with Crippen LogP contribution in [0.25, 0.3) is 10.8 Å². The highest BCUT2D eigenvalue weighted by atomic mass is 35.5. The van der Waals surface area contributed by atoms with Crippen LogP contribution in [0.5, 0.6) is 0 Å². The quantitative estimate of drug-likeness (QED) is 0.833. The fraction of sp³-hybridized carbons (Fsp3) is 0.412. The second-order valence-corrected chi connectivity index (χ2v) is 6.36. The Morgan fingerprint density at radius 2 is 1.68 bits per heavy atom. The molecule has 0 saturated carbocycles. The minimum Gasteiger partial charge on any atom is -0.330 e. The van der Waals surface area contributed by atoms with Crippen molar-refractivity contribution in [3.8, 4) is 0 Å². The number of rotatable bonds is 5. The van der Waals surface area contributed by atoms with Crippen molar-refractivity contribution < 1.29 is 0 Å². The van der Waals surface area contributed by atoms with Crippen LogP contribution in [0.1, 0.15) is 32.3 Å². The number of nitrogens with two attached hydrogens (primary N) is 1. The molecule has 0 atom stereocenters. The molecule has 1 nitrogen and oxygen atoms in total. The van der Waals surface area contributed by atoms with Gasteiger partial charge in [0, 0.05) is 10.4 Å². The van der Waals surface area contributed by atoms with Gasteiger partial charge in [-0.2, -0.15) is 0 Å². The Kier molecular flexibility index (Phi) is 4.49. The highest BCUT2D eigenvalue weighted by Gasteiger charge is 2.17. The van der Waals surface area contributed by atoms with E-state index in [1.165, 1.54) is 10.9 Å². The van der Waals surface area contributed by atoms with E-state index in [-0.39, 0.29) is 0 Å². The molecule has 19 heavy (non-hydrogen) atoms. The summed E-state index contributed by atoms with van der Waals surface area (Å²) in [6.07, 6.45) is 3.29. The molecule has 0 saturated heterocycles. The summed E-state index contributed by atoms with van der Waals surface area (Å²) in [4.78, 5) is 0. The van der Waals surface area contributed by atoms with Gasteiger partial charge in [0.2, 0.25) is 0 Å². The molecule has 0 unspecified atom stereocenters. The van der Waals surface area contributed by atoms with Crippen molar-refractivity contribution in [2.75, 3.05) is 6.54 Å². The maximum atomic E-state index is 6.25. The second-order valence-electron chi connectivity index (χ2n) is 5.95. The summed E-state index contributed by atoms with van der Waals surface area (Å²) < 4.78 is 0. The minimum atomic E-state index is 0.301. The molecular formula is C17H22ClN. The van der Waals surface area contributed by atoms with E-state index in [9.17, 15) is 0 Å². The molecule has 0 heterocycles. The molecule has 0 spiro atoms. The molecule has 0 aliphatic carbocycles. The fourth-order valence-corrected chi connectivity index (χ4v) is 2.76. The zero-order valence-electron chi connectivity index (χ0n) is 11.7. The number of fused-ring (bicyclic) bond motifs is 1. The predicted octanol–water partition coefficient (Wildman–Crippen LogP) is 4.80.